The van der Waals surface area contributed by atoms with Gasteiger partial charge in [-0.05, 0) is 30.3 Å². The lowest BCUT2D eigenvalue weighted by Crippen LogP contribution is -2.13. The maximum Gasteiger partial charge on any atom is 0.258 e. The van der Waals surface area contributed by atoms with Crippen molar-refractivity contribution in [2.24, 2.45) is 0 Å². The zero-order valence-corrected chi connectivity index (χ0v) is 15.2. The van der Waals surface area contributed by atoms with Crippen LogP contribution in [0.25, 0.3) is 0 Å². The molecule has 8 heteroatoms. The topological polar surface area (TPSA) is 76.1 Å². The first kappa shape index (κ1) is 18.0. The smallest absolute Gasteiger partial charge is 0.258 e. The Bertz CT molecular complexity index is 933. The summed E-state index contributed by atoms with van der Waals surface area (Å²) in [6.07, 6.45) is 2.84. The molecule has 132 valence electrons. The van der Waals surface area contributed by atoms with E-state index >= 15 is 0 Å². The Balaban J connectivity index is 1.71. The number of rotatable bonds is 5. The predicted molar refractivity (Wildman–Crippen MR) is 103 cm³/mol. The molecule has 0 atom stereocenters. The van der Waals surface area contributed by atoms with Crippen molar-refractivity contribution in [3.05, 3.63) is 70.5 Å². The Labute approximate surface area is 160 Å². The summed E-state index contributed by atoms with van der Waals surface area (Å²) in [5, 5.41) is 6.71. The lowest BCUT2D eigenvalue weighted by molar-refractivity contribution is 0.102. The highest BCUT2D eigenvalue weighted by Crippen LogP contribution is 2.27. The Morgan fingerprint density at radius 2 is 1.77 bits per heavy atom. The fraction of sp³-hybridized carbons (Fsp3) is 0.0556. The van der Waals surface area contributed by atoms with Gasteiger partial charge in [0.2, 0.25) is 5.95 Å². The fourth-order valence-corrected chi connectivity index (χ4v) is 2.62. The van der Waals surface area contributed by atoms with Crippen molar-refractivity contribution in [2.45, 2.75) is 0 Å². The summed E-state index contributed by atoms with van der Waals surface area (Å²) in [5.41, 5.74) is 1.49. The van der Waals surface area contributed by atoms with Crippen molar-refractivity contribution in [3.63, 3.8) is 0 Å². The molecule has 6 nitrogen and oxygen atoms in total. The molecule has 0 radical (unpaired) electrons. The molecule has 3 aromatic rings. The highest BCUT2D eigenvalue weighted by molar-refractivity contribution is 6.36. The molecule has 1 amide bonds. The zero-order valence-electron chi connectivity index (χ0n) is 13.7. The van der Waals surface area contributed by atoms with Crippen LogP contribution in [0, 0.1) is 0 Å². The summed E-state index contributed by atoms with van der Waals surface area (Å²) in [4.78, 5) is 20.6. The highest BCUT2D eigenvalue weighted by Gasteiger charge is 2.11. The number of methoxy groups -OCH3 is 1. The van der Waals surface area contributed by atoms with Crippen LogP contribution in [0.5, 0.6) is 5.75 Å². The fourth-order valence-electron chi connectivity index (χ4n) is 2.16. The monoisotopic (exact) mass is 388 g/mol. The molecule has 0 unspecified atom stereocenters. The van der Waals surface area contributed by atoms with Crippen molar-refractivity contribution in [3.8, 4) is 5.75 Å². The summed E-state index contributed by atoms with van der Waals surface area (Å²) in [5.74, 6) is 0.533. The molecule has 0 saturated carbocycles. The third-order valence-electron chi connectivity index (χ3n) is 3.45. The van der Waals surface area contributed by atoms with E-state index < -0.39 is 0 Å². The number of nitrogens with one attached hydrogen (secondary N) is 2. The molecule has 0 aliphatic heterocycles. The summed E-state index contributed by atoms with van der Waals surface area (Å²) >= 11 is 12.0. The van der Waals surface area contributed by atoms with E-state index in [4.69, 9.17) is 27.9 Å². The number of para-hydroxylation sites is 2. The maximum atomic E-state index is 12.3. The molecule has 0 saturated heterocycles. The first-order valence-electron chi connectivity index (χ1n) is 7.55. The van der Waals surface area contributed by atoms with Gasteiger partial charge in [-0.3, -0.25) is 4.79 Å². The van der Waals surface area contributed by atoms with E-state index in [1.165, 1.54) is 19.5 Å². The largest absolute Gasteiger partial charge is 0.495 e. The van der Waals surface area contributed by atoms with Gasteiger partial charge < -0.3 is 15.4 Å². The lowest BCUT2D eigenvalue weighted by atomic mass is 10.2. The highest BCUT2D eigenvalue weighted by atomic mass is 35.5. The Hall–Kier alpha value is -2.83. The van der Waals surface area contributed by atoms with Crippen LogP contribution in [-0.4, -0.2) is 23.0 Å². The number of nitrogens with zero attached hydrogens (tertiary/aromatic N) is 2. The second-order valence-corrected chi connectivity index (χ2v) is 6.04. The SMILES string of the molecule is COc1ccccc1NC(=O)c1cnc(Nc2ccc(Cl)cc2Cl)nc1. The number of hydrogen-bond donors (Lipinski definition) is 2. The molecule has 0 aliphatic carbocycles. The zero-order chi connectivity index (χ0) is 18.5. The molecule has 2 aromatic carbocycles. The van der Waals surface area contributed by atoms with Crippen LogP contribution in [0.15, 0.2) is 54.9 Å². The first-order chi connectivity index (χ1) is 12.6. The van der Waals surface area contributed by atoms with Crippen molar-refractivity contribution in [1.29, 1.82) is 0 Å². The van der Waals surface area contributed by atoms with E-state index in [2.05, 4.69) is 20.6 Å². The van der Waals surface area contributed by atoms with Crippen LogP contribution in [0.3, 0.4) is 0 Å². The molecule has 0 bridgehead atoms. The van der Waals surface area contributed by atoms with Gasteiger partial charge in [-0.2, -0.15) is 0 Å². The van der Waals surface area contributed by atoms with Gasteiger partial charge in [0.25, 0.3) is 5.91 Å². The van der Waals surface area contributed by atoms with E-state index in [1.54, 1.807) is 36.4 Å². The number of carbonyl (C=O) groups is 1. The van der Waals surface area contributed by atoms with Crippen LogP contribution in [0.2, 0.25) is 10.0 Å². The van der Waals surface area contributed by atoms with Crippen molar-refractivity contribution in [1.82, 2.24) is 9.97 Å². The second kappa shape index (κ2) is 8.03. The summed E-state index contributed by atoms with van der Waals surface area (Å²) in [6.45, 7) is 0. The number of ether oxygens (including phenoxy) is 1. The van der Waals surface area contributed by atoms with Crippen LogP contribution in [-0.2, 0) is 0 Å². The number of anilines is 3. The van der Waals surface area contributed by atoms with E-state index in [0.717, 1.165) is 0 Å². The van der Waals surface area contributed by atoms with Crippen molar-refractivity contribution >= 4 is 46.4 Å². The molecular weight excluding hydrogens is 375 g/mol. The third kappa shape index (κ3) is 4.22. The number of benzene rings is 2. The van der Waals surface area contributed by atoms with Gasteiger partial charge in [-0.25, -0.2) is 9.97 Å². The van der Waals surface area contributed by atoms with Gasteiger partial charge in [0.05, 0.1) is 29.1 Å². The number of amides is 1. The van der Waals surface area contributed by atoms with Crippen LogP contribution in [0.1, 0.15) is 10.4 Å². The number of carbonyl (C=O) groups excluding carboxylic acids is 1. The van der Waals surface area contributed by atoms with Gasteiger partial charge in [0.15, 0.2) is 0 Å². The summed E-state index contributed by atoms with van der Waals surface area (Å²) in [7, 11) is 1.54. The molecule has 1 heterocycles. The minimum Gasteiger partial charge on any atom is -0.495 e. The summed E-state index contributed by atoms with van der Waals surface area (Å²) < 4.78 is 5.21. The Morgan fingerprint density at radius 1 is 1.04 bits per heavy atom. The molecule has 1 aromatic heterocycles. The first-order valence-corrected chi connectivity index (χ1v) is 8.31. The van der Waals surface area contributed by atoms with E-state index in [1.807, 2.05) is 6.07 Å². The van der Waals surface area contributed by atoms with Crippen LogP contribution >= 0.6 is 23.2 Å². The van der Waals surface area contributed by atoms with Crippen LogP contribution in [0.4, 0.5) is 17.3 Å². The summed E-state index contributed by atoms with van der Waals surface area (Å²) in [6, 6.07) is 12.2. The van der Waals surface area contributed by atoms with Gasteiger partial charge in [-0.1, -0.05) is 35.3 Å². The van der Waals surface area contributed by atoms with E-state index in [0.29, 0.717) is 38.7 Å². The van der Waals surface area contributed by atoms with Gasteiger partial charge in [0, 0.05) is 17.4 Å². The molecule has 26 heavy (non-hydrogen) atoms. The minimum absolute atomic E-state index is 0.308. The third-order valence-corrected chi connectivity index (χ3v) is 3.99. The standard InChI is InChI=1S/C18H14Cl2N4O2/c1-26-16-5-3-2-4-15(16)23-17(25)11-9-21-18(22-10-11)24-14-7-6-12(19)8-13(14)20/h2-10H,1H3,(H,23,25)(H,21,22,24). The number of halogens is 2. The van der Waals surface area contributed by atoms with Crippen LogP contribution < -0.4 is 15.4 Å². The average molecular weight is 389 g/mol. The van der Waals surface area contributed by atoms with E-state index in [9.17, 15) is 4.79 Å². The van der Waals surface area contributed by atoms with E-state index in [-0.39, 0.29) is 5.91 Å². The normalized spacial score (nSPS) is 10.3. The molecule has 3 rings (SSSR count). The Kier molecular flexibility index (Phi) is 5.55. The van der Waals surface area contributed by atoms with Crippen molar-refractivity contribution in [2.75, 3.05) is 17.7 Å². The maximum absolute atomic E-state index is 12.3. The average Bonchev–Trinajstić information content (AvgIpc) is 2.65. The van der Waals surface area contributed by atoms with Gasteiger partial charge in [0.1, 0.15) is 5.75 Å². The molecule has 2 N–H and O–H groups in total. The number of hydrogen-bond acceptors (Lipinski definition) is 5. The molecule has 0 aliphatic rings. The predicted octanol–water partition coefficient (Wildman–Crippen LogP) is 4.79. The Morgan fingerprint density at radius 3 is 2.46 bits per heavy atom. The second-order valence-electron chi connectivity index (χ2n) is 5.20. The molecular formula is C18H14Cl2N4O2. The number of aromatic nitrogens is 2. The van der Waals surface area contributed by atoms with Gasteiger partial charge >= 0.3 is 0 Å². The van der Waals surface area contributed by atoms with Gasteiger partial charge in [-0.15, -0.1) is 0 Å². The van der Waals surface area contributed by atoms with Crippen molar-refractivity contribution < 1.29 is 9.53 Å². The quantitative estimate of drug-likeness (QED) is 0.656. The minimum atomic E-state index is -0.342. The lowest BCUT2D eigenvalue weighted by Gasteiger charge is -2.10. The molecule has 0 spiro atoms. The molecule has 0 fully saturated rings.